The molecule has 0 radical (unpaired) electrons. The van der Waals surface area contributed by atoms with Crippen LogP contribution in [0, 0.1) is 13.8 Å². The molecule has 1 aromatic heterocycles. The quantitative estimate of drug-likeness (QED) is 0.207. The molecule has 0 aliphatic heterocycles. The summed E-state index contributed by atoms with van der Waals surface area (Å²) in [4.78, 5) is 26.1. The molecule has 0 aliphatic rings. The van der Waals surface area contributed by atoms with E-state index in [2.05, 4.69) is 15.8 Å². The maximum atomic E-state index is 13.2. The van der Waals surface area contributed by atoms with Crippen molar-refractivity contribution < 1.29 is 18.2 Å². The van der Waals surface area contributed by atoms with Gasteiger partial charge in [-0.25, -0.2) is 5.43 Å². The zero-order chi connectivity index (χ0) is 27.2. The van der Waals surface area contributed by atoms with E-state index in [-0.39, 0.29) is 11.3 Å². The Morgan fingerprint density at radius 3 is 2.50 bits per heavy atom. The first-order valence-corrected chi connectivity index (χ1v) is 13.7. The summed E-state index contributed by atoms with van der Waals surface area (Å²) in [6.45, 7) is 4.02. The normalized spacial score (nSPS) is 12.7. The molecule has 0 saturated carbocycles. The van der Waals surface area contributed by atoms with Crippen LogP contribution in [0.1, 0.15) is 54.0 Å². The summed E-state index contributed by atoms with van der Waals surface area (Å²) in [7, 11) is -1.28. The summed E-state index contributed by atoms with van der Waals surface area (Å²) in [6.07, 6.45) is 4.65. The molecule has 4 aromatic rings. The van der Waals surface area contributed by atoms with Gasteiger partial charge in [-0.2, -0.15) is 5.10 Å². The van der Waals surface area contributed by atoms with Gasteiger partial charge in [0.15, 0.2) is 0 Å². The third-order valence-electron chi connectivity index (χ3n) is 5.97. The van der Waals surface area contributed by atoms with Crippen LogP contribution >= 0.6 is 11.6 Å². The number of amides is 2. The van der Waals surface area contributed by atoms with Crippen molar-refractivity contribution in [2.45, 2.75) is 19.1 Å². The minimum atomic E-state index is -1.28. The fraction of sp³-hybridized carbons (Fsp3) is 0.138. The molecule has 2 amide bonds. The van der Waals surface area contributed by atoms with E-state index in [1.54, 1.807) is 61.0 Å². The van der Waals surface area contributed by atoms with Gasteiger partial charge in [0.1, 0.15) is 11.0 Å². The molecular weight excluding hydrogens is 522 g/mol. The van der Waals surface area contributed by atoms with E-state index in [1.807, 2.05) is 32.0 Å². The minimum Gasteiger partial charge on any atom is -0.468 e. The second-order valence-electron chi connectivity index (χ2n) is 8.71. The number of anilines is 1. The first-order valence-electron chi connectivity index (χ1n) is 11.7. The predicted molar refractivity (Wildman–Crippen MR) is 151 cm³/mol. The molecule has 194 valence electrons. The van der Waals surface area contributed by atoms with Gasteiger partial charge in [-0.15, -0.1) is 0 Å². The number of carbonyl (C=O) groups is 2. The predicted octanol–water partition coefficient (Wildman–Crippen LogP) is 6.03. The molecule has 0 aliphatic carbocycles. The average molecular weight is 548 g/mol. The number of hydrogen-bond donors (Lipinski definition) is 2. The maximum Gasteiger partial charge on any atom is 0.273 e. The van der Waals surface area contributed by atoms with Crippen LogP contribution in [0.25, 0.3) is 0 Å². The third-order valence-corrected chi connectivity index (χ3v) is 7.37. The summed E-state index contributed by atoms with van der Waals surface area (Å²) in [5.74, 6) is -0.431. The van der Waals surface area contributed by atoms with E-state index in [1.165, 1.54) is 12.3 Å². The lowest BCUT2D eigenvalue weighted by Crippen LogP contribution is -2.21. The van der Waals surface area contributed by atoms with Gasteiger partial charge in [0.25, 0.3) is 11.8 Å². The van der Waals surface area contributed by atoms with Gasteiger partial charge in [-0.1, -0.05) is 41.9 Å². The second-order valence-corrected chi connectivity index (χ2v) is 10.6. The Morgan fingerprint density at radius 1 is 0.974 bits per heavy atom. The smallest absolute Gasteiger partial charge is 0.273 e. The first-order chi connectivity index (χ1) is 18.2. The molecule has 1 heterocycles. The van der Waals surface area contributed by atoms with Crippen molar-refractivity contribution in [2.75, 3.05) is 11.6 Å². The lowest BCUT2D eigenvalue weighted by atomic mass is 10.1. The molecule has 38 heavy (non-hydrogen) atoms. The standard InChI is InChI=1S/C29H26ClN3O4S/c1-18-9-10-20(14-19(18)2)17-31-33-29(35)24-16-23(30)11-12-25(24)32-28(34)22-7-4-6-21(15-22)27(38(3)36)26-8-5-13-37-26/h4-17,27H,1-3H3,(H,32,34)(H,33,35)/b31-17+. The third kappa shape index (κ3) is 6.45. The Morgan fingerprint density at radius 2 is 1.79 bits per heavy atom. The van der Waals surface area contributed by atoms with Crippen LogP contribution in [-0.4, -0.2) is 28.5 Å². The molecular formula is C29H26ClN3O4S. The van der Waals surface area contributed by atoms with Crippen molar-refractivity contribution in [3.05, 3.63) is 123 Å². The van der Waals surface area contributed by atoms with Crippen LogP contribution in [0.3, 0.4) is 0 Å². The molecule has 9 heteroatoms. The van der Waals surface area contributed by atoms with Crippen LogP contribution in [0.2, 0.25) is 5.02 Å². The van der Waals surface area contributed by atoms with Crippen molar-refractivity contribution in [1.29, 1.82) is 0 Å². The Hall–Kier alpha value is -4.01. The molecule has 7 nitrogen and oxygen atoms in total. The number of halogens is 1. The van der Waals surface area contributed by atoms with Crippen molar-refractivity contribution >= 4 is 46.1 Å². The van der Waals surface area contributed by atoms with Gasteiger partial charge in [-0.05, 0) is 78.6 Å². The van der Waals surface area contributed by atoms with Crippen LogP contribution in [-0.2, 0) is 10.8 Å². The Labute approximate surface area is 228 Å². The number of nitrogens with one attached hydrogen (secondary N) is 2. The van der Waals surface area contributed by atoms with Crippen molar-refractivity contribution in [2.24, 2.45) is 5.10 Å². The van der Waals surface area contributed by atoms with Crippen LogP contribution in [0.5, 0.6) is 0 Å². The summed E-state index contributed by atoms with van der Waals surface area (Å²) in [5.41, 5.74) is 7.04. The fourth-order valence-electron chi connectivity index (χ4n) is 3.88. The Bertz CT molecular complexity index is 1530. The van der Waals surface area contributed by atoms with Gasteiger partial charge >= 0.3 is 0 Å². The SMILES string of the molecule is Cc1ccc(/C=N/NC(=O)c2cc(Cl)ccc2NC(=O)c2cccc(C(c3ccco3)S(C)=O)c2)cc1C. The molecule has 2 atom stereocenters. The summed E-state index contributed by atoms with van der Waals surface area (Å²) in [6, 6.07) is 20.7. The van der Waals surface area contributed by atoms with Gasteiger partial charge in [0, 0.05) is 27.6 Å². The van der Waals surface area contributed by atoms with Gasteiger partial charge in [0.05, 0.1) is 23.7 Å². The average Bonchev–Trinajstić information content (AvgIpc) is 3.41. The summed E-state index contributed by atoms with van der Waals surface area (Å²) < 4.78 is 17.9. The molecule has 2 N–H and O–H groups in total. The van der Waals surface area contributed by atoms with Crippen molar-refractivity contribution in [3.63, 3.8) is 0 Å². The highest BCUT2D eigenvalue weighted by molar-refractivity contribution is 7.84. The largest absolute Gasteiger partial charge is 0.468 e. The number of aryl methyl sites for hydroxylation is 2. The molecule has 0 spiro atoms. The Kier molecular flexibility index (Phi) is 8.55. The first kappa shape index (κ1) is 27.0. The Balaban J connectivity index is 1.53. The van der Waals surface area contributed by atoms with Gasteiger partial charge in [-0.3, -0.25) is 13.8 Å². The number of rotatable bonds is 8. The molecule has 3 aromatic carbocycles. The molecule has 2 unspecified atom stereocenters. The van der Waals surface area contributed by atoms with E-state index in [0.29, 0.717) is 21.9 Å². The highest BCUT2D eigenvalue weighted by atomic mass is 35.5. The molecule has 4 rings (SSSR count). The van der Waals surface area contributed by atoms with Crippen molar-refractivity contribution in [3.8, 4) is 0 Å². The van der Waals surface area contributed by atoms with E-state index < -0.39 is 27.9 Å². The molecule has 0 bridgehead atoms. The fourth-order valence-corrected chi connectivity index (χ4v) is 5.04. The lowest BCUT2D eigenvalue weighted by molar-refractivity contribution is 0.0956. The van der Waals surface area contributed by atoms with Gasteiger partial charge < -0.3 is 9.73 Å². The van der Waals surface area contributed by atoms with Crippen LogP contribution in [0.15, 0.2) is 88.6 Å². The second kappa shape index (κ2) is 12.0. The zero-order valence-electron chi connectivity index (χ0n) is 21.0. The summed E-state index contributed by atoms with van der Waals surface area (Å²) in [5, 5.41) is 6.64. The number of benzene rings is 3. The van der Waals surface area contributed by atoms with Crippen molar-refractivity contribution in [1.82, 2.24) is 5.43 Å². The van der Waals surface area contributed by atoms with E-state index in [0.717, 1.165) is 16.7 Å². The maximum absolute atomic E-state index is 13.2. The number of furan rings is 1. The van der Waals surface area contributed by atoms with Crippen LogP contribution < -0.4 is 10.7 Å². The van der Waals surface area contributed by atoms with E-state index in [9.17, 15) is 13.8 Å². The molecule has 0 fully saturated rings. The number of hydrazone groups is 1. The number of nitrogens with zero attached hydrogens (tertiary/aromatic N) is 1. The van der Waals surface area contributed by atoms with Gasteiger partial charge in [0.2, 0.25) is 0 Å². The highest BCUT2D eigenvalue weighted by Crippen LogP contribution is 2.29. The van der Waals surface area contributed by atoms with E-state index in [4.69, 9.17) is 16.0 Å². The number of hydrogen-bond acceptors (Lipinski definition) is 5. The molecule has 0 saturated heterocycles. The topological polar surface area (TPSA) is 101 Å². The van der Waals surface area contributed by atoms with Crippen LogP contribution in [0.4, 0.5) is 5.69 Å². The number of carbonyl (C=O) groups excluding carboxylic acids is 2. The minimum absolute atomic E-state index is 0.155. The monoisotopic (exact) mass is 547 g/mol. The highest BCUT2D eigenvalue weighted by Gasteiger charge is 2.22. The lowest BCUT2D eigenvalue weighted by Gasteiger charge is -2.14. The van der Waals surface area contributed by atoms with E-state index >= 15 is 0 Å². The zero-order valence-corrected chi connectivity index (χ0v) is 22.6. The summed E-state index contributed by atoms with van der Waals surface area (Å²) >= 11 is 6.14.